The second kappa shape index (κ2) is 11.9. The van der Waals surface area contributed by atoms with Gasteiger partial charge in [0.1, 0.15) is 6.17 Å². The average molecular weight is 544 g/mol. The molecule has 2 aromatic carbocycles. The fourth-order valence-corrected chi connectivity index (χ4v) is 5.51. The molecule has 39 heavy (non-hydrogen) atoms. The molecule has 2 aromatic rings. The Balaban J connectivity index is 1.24. The summed E-state index contributed by atoms with van der Waals surface area (Å²) in [6.07, 6.45) is 12.2. The van der Waals surface area contributed by atoms with Gasteiger partial charge >= 0.3 is 0 Å². The Bertz CT molecular complexity index is 1390. The molecule has 5 N–H and O–H groups in total. The minimum absolute atomic E-state index is 0.0556. The van der Waals surface area contributed by atoms with E-state index in [9.17, 15) is 9.59 Å². The van der Waals surface area contributed by atoms with E-state index < -0.39 is 0 Å². The van der Waals surface area contributed by atoms with Gasteiger partial charge in [0.15, 0.2) is 0 Å². The van der Waals surface area contributed by atoms with Gasteiger partial charge in [-0.3, -0.25) is 14.6 Å². The van der Waals surface area contributed by atoms with Gasteiger partial charge in [-0.15, -0.1) is 0 Å². The summed E-state index contributed by atoms with van der Waals surface area (Å²) in [5, 5.41) is 10.0. The second-order valence-corrected chi connectivity index (χ2v) is 10.6. The first kappa shape index (κ1) is 26.8. The third kappa shape index (κ3) is 6.25. The number of nitrogens with zero attached hydrogens (tertiary/aromatic N) is 1. The van der Waals surface area contributed by atoms with Crippen LogP contribution in [-0.2, 0) is 4.79 Å². The van der Waals surface area contributed by atoms with E-state index in [-0.39, 0.29) is 30.4 Å². The van der Waals surface area contributed by atoms with E-state index in [1.807, 2.05) is 31.2 Å². The van der Waals surface area contributed by atoms with Crippen LogP contribution in [0.2, 0.25) is 5.02 Å². The zero-order valence-electron chi connectivity index (χ0n) is 22.1. The van der Waals surface area contributed by atoms with E-state index in [1.54, 1.807) is 24.4 Å². The third-order valence-electron chi connectivity index (χ3n) is 7.43. The van der Waals surface area contributed by atoms with Crippen LogP contribution in [0.1, 0.15) is 67.8 Å². The molecule has 2 atom stereocenters. The molecule has 0 bridgehead atoms. The molecule has 0 radical (unpaired) electrons. The largest absolute Gasteiger partial charge is 0.398 e. The van der Waals surface area contributed by atoms with Crippen molar-refractivity contribution in [3.8, 4) is 0 Å². The fourth-order valence-electron chi connectivity index (χ4n) is 5.34. The Morgan fingerprint density at radius 2 is 2.00 bits per heavy atom. The van der Waals surface area contributed by atoms with Crippen molar-refractivity contribution in [2.75, 3.05) is 10.6 Å². The van der Waals surface area contributed by atoms with Crippen molar-refractivity contribution in [1.82, 2.24) is 5.32 Å². The number of hydrogen-bond acceptors (Lipinski definition) is 5. The zero-order chi connectivity index (χ0) is 27.4. The number of halogens is 1. The summed E-state index contributed by atoms with van der Waals surface area (Å²) in [6.45, 7) is 2.03. The van der Waals surface area contributed by atoms with Crippen LogP contribution in [0.25, 0.3) is 5.70 Å². The zero-order valence-corrected chi connectivity index (χ0v) is 22.9. The molecule has 0 saturated heterocycles. The van der Waals surface area contributed by atoms with E-state index in [4.69, 9.17) is 17.3 Å². The first-order chi connectivity index (χ1) is 18.9. The smallest absolute Gasteiger partial charge is 0.251 e. The molecule has 2 aliphatic carbocycles. The number of nitrogens with one attached hydrogen (secondary N) is 3. The number of rotatable bonds is 7. The summed E-state index contributed by atoms with van der Waals surface area (Å²) < 4.78 is 0. The highest BCUT2D eigenvalue weighted by molar-refractivity contribution is 6.31. The summed E-state index contributed by atoms with van der Waals surface area (Å²) in [6, 6.07) is 12.8. The number of hydrogen-bond donors (Lipinski definition) is 4. The standard InChI is InChI=1S/C31H34ClN5O2/c1-2-28(34-18-21-16-29(38)36-27-17-22(32)12-15-25(27)30(21)33)35-23-13-10-20(11-14-23)31(39)37-26-9-5-7-19-6-3-4-8-24(19)26/h6,8,10-15,17-18,26,28,35H,2-5,7,9,16,33H2,1H3,(H,36,38)(H,37,39). The number of fused-ring (bicyclic) bond motifs is 2. The minimum atomic E-state index is -0.230. The molecule has 1 aliphatic heterocycles. The van der Waals surface area contributed by atoms with Gasteiger partial charge in [0.25, 0.3) is 5.91 Å². The third-order valence-corrected chi connectivity index (χ3v) is 7.67. The Labute approximate surface area is 234 Å². The lowest BCUT2D eigenvalue weighted by molar-refractivity contribution is -0.115. The van der Waals surface area contributed by atoms with Crippen molar-refractivity contribution >= 4 is 46.7 Å². The van der Waals surface area contributed by atoms with Gasteiger partial charge in [-0.1, -0.05) is 30.7 Å². The number of anilines is 2. The number of aliphatic imine (C=N–C) groups is 1. The van der Waals surface area contributed by atoms with E-state index in [2.05, 4.69) is 33.1 Å². The maximum absolute atomic E-state index is 13.0. The van der Waals surface area contributed by atoms with E-state index in [1.165, 1.54) is 11.1 Å². The Morgan fingerprint density at radius 3 is 2.79 bits per heavy atom. The average Bonchev–Trinajstić information content (AvgIpc) is 3.06. The molecule has 1 fully saturated rings. The van der Waals surface area contributed by atoms with Gasteiger partial charge in [-0.2, -0.15) is 0 Å². The molecule has 3 aliphatic rings. The van der Waals surface area contributed by atoms with Crippen LogP contribution in [0.5, 0.6) is 0 Å². The summed E-state index contributed by atoms with van der Waals surface area (Å²) in [4.78, 5) is 30.1. The van der Waals surface area contributed by atoms with Gasteiger partial charge in [0, 0.05) is 39.3 Å². The number of carbonyl (C=O) groups is 2. The number of benzene rings is 2. The predicted octanol–water partition coefficient (Wildman–Crippen LogP) is 6.20. The van der Waals surface area contributed by atoms with Crippen LogP contribution in [-0.4, -0.2) is 30.2 Å². The highest BCUT2D eigenvalue weighted by Gasteiger charge is 2.25. The molecule has 2 unspecified atom stereocenters. The maximum Gasteiger partial charge on any atom is 0.251 e. The van der Waals surface area contributed by atoms with Crippen molar-refractivity contribution < 1.29 is 9.59 Å². The summed E-state index contributed by atoms with van der Waals surface area (Å²) >= 11 is 6.09. The number of carbonyl (C=O) groups excluding carboxylic acids is 2. The molecule has 0 aromatic heterocycles. The molecule has 1 heterocycles. The normalized spacial score (nSPS) is 19.7. The molecule has 8 heteroatoms. The van der Waals surface area contributed by atoms with Gasteiger partial charge < -0.3 is 21.7 Å². The molecule has 202 valence electrons. The molecular weight excluding hydrogens is 510 g/mol. The van der Waals surface area contributed by atoms with Crippen LogP contribution in [0, 0.1) is 0 Å². The monoisotopic (exact) mass is 543 g/mol. The summed E-state index contributed by atoms with van der Waals surface area (Å²) in [7, 11) is 0. The molecule has 1 saturated carbocycles. The Hall–Kier alpha value is -3.84. The molecule has 5 rings (SSSR count). The fraction of sp³-hybridized carbons (Fsp3) is 0.323. The molecule has 7 nitrogen and oxygen atoms in total. The second-order valence-electron chi connectivity index (χ2n) is 10.2. The highest BCUT2D eigenvalue weighted by Crippen LogP contribution is 2.33. The van der Waals surface area contributed by atoms with E-state index in [0.29, 0.717) is 27.5 Å². The van der Waals surface area contributed by atoms with Crippen molar-refractivity contribution in [2.45, 2.75) is 64.1 Å². The highest BCUT2D eigenvalue weighted by atomic mass is 35.5. The lowest BCUT2D eigenvalue weighted by Gasteiger charge is -2.30. The van der Waals surface area contributed by atoms with Crippen molar-refractivity contribution in [3.63, 3.8) is 0 Å². The topological polar surface area (TPSA) is 109 Å². The minimum Gasteiger partial charge on any atom is -0.398 e. The summed E-state index contributed by atoms with van der Waals surface area (Å²) in [5.74, 6) is -0.226. The van der Waals surface area contributed by atoms with Gasteiger partial charge in [-0.05, 0) is 92.1 Å². The van der Waals surface area contributed by atoms with Crippen molar-refractivity contribution in [3.05, 3.63) is 87.5 Å². The Kier molecular flexibility index (Phi) is 8.17. The lowest BCUT2D eigenvalue weighted by atomic mass is 9.81. The Morgan fingerprint density at radius 1 is 1.21 bits per heavy atom. The quantitative estimate of drug-likeness (QED) is 0.312. The van der Waals surface area contributed by atoms with Gasteiger partial charge in [0.2, 0.25) is 5.91 Å². The van der Waals surface area contributed by atoms with Crippen molar-refractivity contribution in [1.29, 1.82) is 0 Å². The van der Waals surface area contributed by atoms with E-state index in [0.717, 1.165) is 49.8 Å². The summed E-state index contributed by atoms with van der Waals surface area (Å²) in [5.41, 5.74) is 13.1. The SMILES string of the molecule is CCC(N=CC1=C(N)c2ccc(Cl)cc2NC(=O)C1)Nc1ccc(C(=O)NC2CCCC3=CCCC=C32)cc1. The number of allylic oxidation sites excluding steroid dienone is 2. The van der Waals surface area contributed by atoms with Crippen LogP contribution in [0.15, 0.2) is 76.3 Å². The van der Waals surface area contributed by atoms with Crippen LogP contribution in [0.4, 0.5) is 11.4 Å². The maximum atomic E-state index is 13.0. The first-order valence-corrected chi connectivity index (χ1v) is 14.0. The van der Waals surface area contributed by atoms with Crippen molar-refractivity contribution in [2.24, 2.45) is 10.7 Å². The van der Waals surface area contributed by atoms with Crippen LogP contribution in [0.3, 0.4) is 0 Å². The molecule has 2 amide bonds. The van der Waals surface area contributed by atoms with Crippen LogP contribution >= 0.6 is 11.6 Å². The first-order valence-electron chi connectivity index (χ1n) is 13.6. The van der Waals surface area contributed by atoms with E-state index >= 15 is 0 Å². The van der Waals surface area contributed by atoms with Crippen LogP contribution < -0.4 is 21.7 Å². The lowest BCUT2D eigenvalue weighted by Crippen LogP contribution is -2.38. The predicted molar refractivity (Wildman–Crippen MR) is 159 cm³/mol. The van der Waals surface area contributed by atoms with Gasteiger partial charge in [0.05, 0.1) is 18.2 Å². The van der Waals surface area contributed by atoms with Gasteiger partial charge in [-0.25, -0.2) is 0 Å². The number of nitrogens with two attached hydrogens (primary N) is 1. The number of amides is 2. The molecule has 0 spiro atoms. The molecular formula is C31H34ClN5O2.